The highest BCUT2D eigenvalue weighted by Crippen LogP contribution is 2.33. The first-order valence-corrected chi connectivity index (χ1v) is 6.04. The standard InChI is InChI=1S/C9H10F3NO3S/c10-9(11,12)7-3-1-2-4-8(7)17(15,16)13-5-6-14/h1-4,13-14H,5-6H2. The summed E-state index contributed by atoms with van der Waals surface area (Å²) in [5, 5.41) is 8.46. The van der Waals surface area contributed by atoms with E-state index in [0.717, 1.165) is 12.1 Å². The molecule has 4 nitrogen and oxygen atoms in total. The SMILES string of the molecule is O=S(=O)(NCCO)c1ccccc1C(F)(F)F. The van der Waals surface area contributed by atoms with Gasteiger partial charge in [0.15, 0.2) is 0 Å². The van der Waals surface area contributed by atoms with Gasteiger partial charge in [-0.1, -0.05) is 12.1 Å². The van der Waals surface area contributed by atoms with Gasteiger partial charge < -0.3 is 5.11 Å². The van der Waals surface area contributed by atoms with E-state index in [2.05, 4.69) is 0 Å². The predicted molar refractivity (Wildman–Crippen MR) is 53.7 cm³/mol. The molecule has 17 heavy (non-hydrogen) atoms. The summed E-state index contributed by atoms with van der Waals surface area (Å²) in [4.78, 5) is -0.846. The Morgan fingerprint density at radius 2 is 1.82 bits per heavy atom. The van der Waals surface area contributed by atoms with Crippen molar-refractivity contribution in [2.45, 2.75) is 11.1 Å². The van der Waals surface area contributed by atoms with Crippen LogP contribution in [0.5, 0.6) is 0 Å². The number of hydrogen-bond donors (Lipinski definition) is 2. The fraction of sp³-hybridized carbons (Fsp3) is 0.333. The fourth-order valence-electron chi connectivity index (χ4n) is 1.19. The third kappa shape index (κ3) is 3.42. The summed E-state index contributed by atoms with van der Waals surface area (Å²) >= 11 is 0. The zero-order valence-electron chi connectivity index (χ0n) is 8.53. The maximum absolute atomic E-state index is 12.6. The first kappa shape index (κ1) is 13.9. The molecule has 0 heterocycles. The number of sulfonamides is 1. The highest BCUT2D eigenvalue weighted by atomic mass is 32.2. The molecule has 0 radical (unpaired) electrons. The van der Waals surface area contributed by atoms with E-state index in [1.807, 2.05) is 4.72 Å². The second-order valence-corrected chi connectivity index (χ2v) is 4.85. The lowest BCUT2D eigenvalue weighted by Gasteiger charge is -2.13. The summed E-state index contributed by atoms with van der Waals surface area (Å²) in [7, 11) is -4.27. The molecule has 1 aromatic carbocycles. The molecule has 0 aliphatic carbocycles. The summed E-state index contributed by atoms with van der Waals surface area (Å²) in [6, 6.07) is 3.85. The first-order valence-electron chi connectivity index (χ1n) is 4.56. The lowest BCUT2D eigenvalue weighted by atomic mass is 10.2. The second-order valence-electron chi connectivity index (χ2n) is 3.12. The van der Waals surface area contributed by atoms with E-state index in [-0.39, 0.29) is 6.54 Å². The van der Waals surface area contributed by atoms with Crippen molar-refractivity contribution in [3.8, 4) is 0 Å². The van der Waals surface area contributed by atoms with Gasteiger partial charge in [0.05, 0.1) is 17.1 Å². The van der Waals surface area contributed by atoms with Gasteiger partial charge in [-0.3, -0.25) is 0 Å². The summed E-state index contributed by atoms with van der Waals surface area (Å²) in [5.74, 6) is 0. The highest BCUT2D eigenvalue weighted by molar-refractivity contribution is 7.89. The summed E-state index contributed by atoms with van der Waals surface area (Å²) < 4.78 is 62.6. The molecule has 0 saturated heterocycles. The lowest BCUT2D eigenvalue weighted by Crippen LogP contribution is -2.28. The number of hydrogen-bond acceptors (Lipinski definition) is 3. The number of rotatable bonds is 4. The van der Waals surface area contributed by atoms with Crippen LogP contribution >= 0.6 is 0 Å². The summed E-state index contributed by atoms with van der Waals surface area (Å²) in [6.45, 7) is -0.831. The van der Waals surface area contributed by atoms with Crippen LogP contribution in [0.25, 0.3) is 0 Å². The van der Waals surface area contributed by atoms with Crippen molar-refractivity contribution in [2.24, 2.45) is 0 Å². The molecule has 0 aromatic heterocycles. The van der Waals surface area contributed by atoms with Crippen LogP contribution in [0.4, 0.5) is 13.2 Å². The topological polar surface area (TPSA) is 66.4 Å². The predicted octanol–water partition coefficient (Wildman–Crippen LogP) is 0.976. The molecule has 0 spiro atoms. The second kappa shape index (κ2) is 5.03. The Kier molecular flexibility index (Phi) is 4.12. The van der Waals surface area contributed by atoms with E-state index in [9.17, 15) is 21.6 Å². The van der Waals surface area contributed by atoms with Gasteiger partial charge in [0, 0.05) is 6.54 Å². The molecular weight excluding hydrogens is 259 g/mol. The molecule has 0 bridgehead atoms. The van der Waals surface area contributed by atoms with E-state index >= 15 is 0 Å². The molecule has 1 rings (SSSR count). The summed E-state index contributed by atoms with van der Waals surface area (Å²) in [5.41, 5.74) is -1.23. The number of aliphatic hydroxyl groups is 1. The smallest absolute Gasteiger partial charge is 0.395 e. The van der Waals surface area contributed by atoms with Gasteiger partial charge in [0.25, 0.3) is 0 Å². The molecule has 0 fully saturated rings. The monoisotopic (exact) mass is 269 g/mol. The molecule has 96 valence electrons. The molecule has 0 unspecified atom stereocenters. The summed E-state index contributed by atoms with van der Waals surface area (Å²) in [6.07, 6.45) is -4.75. The minimum atomic E-state index is -4.75. The fourth-order valence-corrected chi connectivity index (χ4v) is 2.44. The van der Waals surface area contributed by atoms with Crippen molar-refractivity contribution in [3.05, 3.63) is 29.8 Å². The molecule has 0 saturated carbocycles. The van der Waals surface area contributed by atoms with E-state index < -0.39 is 33.3 Å². The van der Waals surface area contributed by atoms with E-state index in [1.165, 1.54) is 6.07 Å². The lowest BCUT2D eigenvalue weighted by molar-refractivity contribution is -0.139. The third-order valence-corrected chi connectivity index (χ3v) is 3.41. The van der Waals surface area contributed by atoms with Gasteiger partial charge in [-0.15, -0.1) is 0 Å². The average Bonchev–Trinajstić information content (AvgIpc) is 2.25. The van der Waals surface area contributed by atoms with Gasteiger partial charge in [0.1, 0.15) is 0 Å². The van der Waals surface area contributed by atoms with E-state index in [0.29, 0.717) is 6.07 Å². The number of alkyl halides is 3. The van der Waals surface area contributed by atoms with Crippen LogP contribution in [0.3, 0.4) is 0 Å². The van der Waals surface area contributed by atoms with Gasteiger partial charge >= 0.3 is 6.18 Å². The average molecular weight is 269 g/mol. The molecule has 0 amide bonds. The van der Waals surface area contributed by atoms with Crippen molar-refractivity contribution in [2.75, 3.05) is 13.2 Å². The molecule has 0 atom stereocenters. The maximum Gasteiger partial charge on any atom is 0.417 e. The van der Waals surface area contributed by atoms with Crippen LogP contribution in [0.1, 0.15) is 5.56 Å². The van der Waals surface area contributed by atoms with Gasteiger partial charge in [0.2, 0.25) is 10.0 Å². The largest absolute Gasteiger partial charge is 0.417 e. The molecular formula is C9H10F3NO3S. The van der Waals surface area contributed by atoms with Crippen molar-refractivity contribution in [1.29, 1.82) is 0 Å². The Hall–Kier alpha value is -1.12. The van der Waals surface area contributed by atoms with Crippen molar-refractivity contribution in [3.63, 3.8) is 0 Å². The Balaban J connectivity index is 3.23. The van der Waals surface area contributed by atoms with Crippen LogP contribution < -0.4 is 4.72 Å². The Morgan fingerprint density at radius 1 is 1.24 bits per heavy atom. The van der Waals surface area contributed by atoms with Crippen LogP contribution in [-0.4, -0.2) is 26.7 Å². The maximum atomic E-state index is 12.6. The van der Waals surface area contributed by atoms with Crippen LogP contribution in [0, 0.1) is 0 Å². The molecule has 0 aliphatic rings. The van der Waals surface area contributed by atoms with Gasteiger partial charge in [-0.05, 0) is 12.1 Å². The van der Waals surface area contributed by atoms with Crippen LogP contribution in [-0.2, 0) is 16.2 Å². The minimum Gasteiger partial charge on any atom is -0.395 e. The number of nitrogens with one attached hydrogen (secondary N) is 1. The van der Waals surface area contributed by atoms with Crippen molar-refractivity contribution < 1.29 is 26.7 Å². The zero-order chi connectivity index (χ0) is 13.1. The van der Waals surface area contributed by atoms with E-state index in [1.54, 1.807) is 0 Å². The van der Waals surface area contributed by atoms with Crippen molar-refractivity contribution >= 4 is 10.0 Å². The number of benzene rings is 1. The molecule has 1 aromatic rings. The van der Waals surface area contributed by atoms with Crippen LogP contribution in [0.15, 0.2) is 29.2 Å². The Morgan fingerprint density at radius 3 is 2.35 bits per heavy atom. The molecule has 8 heteroatoms. The molecule has 2 N–H and O–H groups in total. The van der Waals surface area contributed by atoms with Crippen LogP contribution in [0.2, 0.25) is 0 Å². The number of aliphatic hydroxyl groups excluding tert-OH is 1. The number of halogens is 3. The zero-order valence-corrected chi connectivity index (χ0v) is 9.35. The highest BCUT2D eigenvalue weighted by Gasteiger charge is 2.36. The van der Waals surface area contributed by atoms with Gasteiger partial charge in [-0.25, -0.2) is 13.1 Å². The van der Waals surface area contributed by atoms with E-state index in [4.69, 9.17) is 5.11 Å². The van der Waals surface area contributed by atoms with Crippen molar-refractivity contribution in [1.82, 2.24) is 4.72 Å². The van der Waals surface area contributed by atoms with Gasteiger partial charge in [-0.2, -0.15) is 13.2 Å². The third-order valence-electron chi connectivity index (χ3n) is 1.89. The Bertz CT molecular complexity index is 485. The Labute approximate surface area is 96.1 Å². The minimum absolute atomic E-state index is 0.339. The first-order chi connectivity index (χ1) is 7.79. The quantitative estimate of drug-likeness (QED) is 0.856. The normalized spacial score (nSPS) is 12.7. The molecule has 0 aliphatic heterocycles.